The molecule has 1 saturated heterocycles. The van der Waals surface area contributed by atoms with E-state index in [4.69, 9.17) is 0 Å². The lowest BCUT2D eigenvalue weighted by atomic mass is 10.2. The number of aromatic nitrogens is 5. The average Bonchev–Trinajstić information content (AvgIpc) is 2.61. The van der Waals surface area contributed by atoms with Crippen molar-refractivity contribution in [2.75, 3.05) is 36.0 Å². The van der Waals surface area contributed by atoms with Gasteiger partial charge in [-0.15, -0.1) is 0 Å². The second kappa shape index (κ2) is 5.75. The molecule has 1 aliphatic rings. The maximum absolute atomic E-state index is 4.47. The molecule has 4 rings (SSSR count). The molecule has 3 aromatic rings. The Labute approximate surface area is 134 Å². The molecular formula is C16H17N7. The van der Waals surface area contributed by atoms with E-state index in [1.54, 1.807) is 18.9 Å². The fourth-order valence-corrected chi connectivity index (χ4v) is 2.89. The van der Waals surface area contributed by atoms with E-state index in [0.29, 0.717) is 0 Å². The van der Waals surface area contributed by atoms with Crippen molar-refractivity contribution in [1.29, 1.82) is 0 Å². The molecule has 0 bridgehead atoms. The van der Waals surface area contributed by atoms with E-state index < -0.39 is 0 Å². The van der Waals surface area contributed by atoms with Gasteiger partial charge in [0.05, 0.1) is 5.39 Å². The van der Waals surface area contributed by atoms with Crippen LogP contribution in [-0.4, -0.2) is 51.1 Å². The molecule has 0 amide bonds. The lowest BCUT2D eigenvalue weighted by molar-refractivity contribution is 0.642. The van der Waals surface area contributed by atoms with Crippen molar-refractivity contribution in [1.82, 2.24) is 24.9 Å². The Morgan fingerprint density at radius 3 is 2.48 bits per heavy atom. The normalized spacial score (nSPS) is 15.2. The number of rotatable bonds is 2. The topological polar surface area (TPSA) is 70.9 Å². The minimum Gasteiger partial charge on any atom is -0.353 e. The number of piperazine rings is 1. The third-order valence-corrected chi connectivity index (χ3v) is 4.08. The molecule has 7 nitrogen and oxygen atoms in total. The van der Waals surface area contributed by atoms with Crippen LogP contribution < -0.4 is 9.80 Å². The van der Waals surface area contributed by atoms with Crippen LogP contribution in [0.4, 0.5) is 11.6 Å². The molecule has 116 valence electrons. The van der Waals surface area contributed by atoms with Crippen LogP contribution in [0.2, 0.25) is 0 Å². The molecular weight excluding hydrogens is 290 g/mol. The number of nitrogens with zero attached hydrogens (tertiary/aromatic N) is 7. The van der Waals surface area contributed by atoms with Crippen molar-refractivity contribution in [3.63, 3.8) is 0 Å². The van der Waals surface area contributed by atoms with Gasteiger partial charge in [0.15, 0.2) is 5.65 Å². The third-order valence-electron chi connectivity index (χ3n) is 4.08. The summed E-state index contributed by atoms with van der Waals surface area (Å²) in [5.74, 6) is 1.95. The number of anilines is 2. The van der Waals surface area contributed by atoms with Gasteiger partial charge in [-0.2, -0.15) is 0 Å². The molecule has 0 N–H and O–H groups in total. The number of fused-ring (bicyclic) bond motifs is 1. The monoisotopic (exact) mass is 307 g/mol. The molecule has 7 heteroatoms. The van der Waals surface area contributed by atoms with Gasteiger partial charge in [-0.3, -0.25) is 0 Å². The maximum Gasteiger partial charge on any atom is 0.164 e. The van der Waals surface area contributed by atoms with Gasteiger partial charge in [-0.05, 0) is 19.1 Å². The summed E-state index contributed by atoms with van der Waals surface area (Å²) in [7, 11) is 0. The first-order valence-electron chi connectivity index (χ1n) is 7.65. The second-order valence-electron chi connectivity index (χ2n) is 5.56. The van der Waals surface area contributed by atoms with Gasteiger partial charge < -0.3 is 9.80 Å². The predicted octanol–water partition coefficient (Wildman–Crippen LogP) is 1.45. The van der Waals surface area contributed by atoms with Gasteiger partial charge in [0.25, 0.3) is 0 Å². The molecule has 0 spiro atoms. The van der Waals surface area contributed by atoms with E-state index in [0.717, 1.165) is 54.5 Å². The van der Waals surface area contributed by atoms with Crippen molar-refractivity contribution >= 4 is 22.7 Å². The van der Waals surface area contributed by atoms with Crippen LogP contribution in [0.5, 0.6) is 0 Å². The molecule has 0 saturated carbocycles. The Morgan fingerprint density at radius 2 is 1.65 bits per heavy atom. The smallest absolute Gasteiger partial charge is 0.164 e. The summed E-state index contributed by atoms with van der Waals surface area (Å²) in [6.07, 6.45) is 4.97. The summed E-state index contributed by atoms with van der Waals surface area (Å²) in [4.78, 5) is 26.1. The summed E-state index contributed by atoms with van der Waals surface area (Å²) in [6.45, 7) is 5.58. The first-order chi connectivity index (χ1) is 11.3. The van der Waals surface area contributed by atoms with E-state index in [1.807, 2.05) is 25.1 Å². The van der Waals surface area contributed by atoms with Gasteiger partial charge in [0, 0.05) is 44.1 Å². The van der Waals surface area contributed by atoms with Gasteiger partial charge in [0.1, 0.15) is 24.3 Å². The standard InChI is InChI=1S/C16H17N7/c1-12-9-14(19-10-18-12)22-5-7-23(8-6-22)16-13-3-2-4-17-15(13)20-11-21-16/h2-4,9-11H,5-8H2,1H3. The lowest BCUT2D eigenvalue weighted by Crippen LogP contribution is -2.47. The zero-order valence-corrected chi connectivity index (χ0v) is 12.9. The highest BCUT2D eigenvalue weighted by Gasteiger charge is 2.21. The first kappa shape index (κ1) is 13.8. The highest BCUT2D eigenvalue weighted by atomic mass is 15.3. The lowest BCUT2D eigenvalue weighted by Gasteiger charge is -2.36. The van der Waals surface area contributed by atoms with Crippen molar-refractivity contribution in [2.45, 2.75) is 6.92 Å². The molecule has 23 heavy (non-hydrogen) atoms. The number of aryl methyl sites for hydroxylation is 1. The Kier molecular flexibility index (Phi) is 3.45. The summed E-state index contributed by atoms with van der Waals surface area (Å²) in [6, 6.07) is 5.98. The number of hydrogen-bond acceptors (Lipinski definition) is 7. The van der Waals surface area contributed by atoms with E-state index in [9.17, 15) is 0 Å². The first-order valence-corrected chi connectivity index (χ1v) is 7.65. The Hall–Kier alpha value is -2.83. The molecule has 3 aromatic heterocycles. The maximum atomic E-state index is 4.47. The summed E-state index contributed by atoms with van der Waals surface area (Å²) >= 11 is 0. The van der Waals surface area contributed by atoms with Crippen LogP contribution >= 0.6 is 0 Å². The van der Waals surface area contributed by atoms with Crippen LogP contribution in [0.1, 0.15) is 5.69 Å². The SMILES string of the molecule is Cc1cc(N2CCN(c3ncnc4ncccc34)CC2)ncn1. The van der Waals surface area contributed by atoms with E-state index >= 15 is 0 Å². The summed E-state index contributed by atoms with van der Waals surface area (Å²) in [5, 5.41) is 1.00. The minimum absolute atomic E-state index is 0.742. The Morgan fingerprint density at radius 1 is 0.870 bits per heavy atom. The van der Waals surface area contributed by atoms with Crippen molar-refractivity contribution < 1.29 is 0 Å². The molecule has 0 aromatic carbocycles. The van der Waals surface area contributed by atoms with Gasteiger partial charge in [-0.25, -0.2) is 24.9 Å². The van der Waals surface area contributed by atoms with Crippen molar-refractivity contribution in [3.05, 3.63) is 42.7 Å². The summed E-state index contributed by atoms with van der Waals surface area (Å²) < 4.78 is 0. The molecule has 0 aliphatic carbocycles. The molecule has 0 unspecified atom stereocenters. The van der Waals surface area contributed by atoms with E-state index in [-0.39, 0.29) is 0 Å². The zero-order chi connectivity index (χ0) is 15.6. The number of pyridine rings is 1. The largest absolute Gasteiger partial charge is 0.353 e. The fraction of sp³-hybridized carbons (Fsp3) is 0.312. The molecule has 1 fully saturated rings. The predicted molar refractivity (Wildman–Crippen MR) is 88.5 cm³/mol. The quantitative estimate of drug-likeness (QED) is 0.709. The van der Waals surface area contributed by atoms with E-state index in [1.165, 1.54) is 0 Å². The Balaban J connectivity index is 1.55. The molecule has 0 radical (unpaired) electrons. The third kappa shape index (κ3) is 2.65. The molecule has 4 heterocycles. The van der Waals surface area contributed by atoms with Gasteiger partial charge >= 0.3 is 0 Å². The summed E-state index contributed by atoms with van der Waals surface area (Å²) in [5.41, 5.74) is 1.73. The van der Waals surface area contributed by atoms with Gasteiger partial charge in [0.2, 0.25) is 0 Å². The van der Waals surface area contributed by atoms with Crippen LogP contribution in [0, 0.1) is 6.92 Å². The van der Waals surface area contributed by atoms with Crippen LogP contribution in [0.25, 0.3) is 11.0 Å². The zero-order valence-electron chi connectivity index (χ0n) is 12.9. The molecule has 1 aliphatic heterocycles. The highest BCUT2D eigenvalue weighted by molar-refractivity contribution is 5.86. The van der Waals surface area contributed by atoms with Crippen LogP contribution in [-0.2, 0) is 0 Å². The minimum atomic E-state index is 0.742. The van der Waals surface area contributed by atoms with Crippen LogP contribution in [0.3, 0.4) is 0 Å². The Bertz CT molecular complexity index is 822. The van der Waals surface area contributed by atoms with E-state index in [2.05, 4.69) is 34.7 Å². The van der Waals surface area contributed by atoms with Gasteiger partial charge in [-0.1, -0.05) is 0 Å². The second-order valence-corrected chi connectivity index (χ2v) is 5.56. The highest BCUT2D eigenvalue weighted by Crippen LogP contribution is 2.23. The molecule has 0 atom stereocenters. The van der Waals surface area contributed by atoms with Crippen LogP contribution in [0.15, 0.2) is 37.1 Å². The average molecular weight is 307 g/mol. The van der Waals surface area contributed by atoms with Crippen molar-refractivity contribution in [3.8, 4) is 0 Å². The fourth-order valence-electron chi connectivity index (χ4n) is 2.89. The number of hydrogen-bond donors (Lipinski definition) is 0. The van der Waals surface area contributed by atoms with Crippen molar-refractivity contribution in [2.24, 2.45) is 0 Å².